The summed E-state index contributed by atoms with van der Waals surface area (Å²) in [6.07, 6.45) is 0.330. The largest absolute Gasteiger partial charge is 0.394 e. The number of ether oxygens (including phenoxy) is 3. The Labute approximate surface area is 132 Å². The van der Waals surface area contributed by atoms with E-state index in [1.54, 1.807) is 6.92 Å². The van der Waals surface area contributed by atoms with E-state index in [0.29, 0.717) is 12.0 Å². The van der Waals surface area contributed by atoms with Crippen molar-refractivity contribution in [2.75, 3.05) is 20.0 Å². The van der Waals surface area contributed by atoms with Gasteiger partial charge in [-0.05, 0) is 6.92 Å². The van der Waals surface area contributed by atoms with Crippen LogP contribution in [0.3, 0.4) is 0 Å². The molecule has 2 heterocycles. The van der Waals surface area contributed by atoms with Gasteiger partial charge in [0.15, 0.2) is 0 Å². The molecular formula is C14H19N3O6. The molecule has 0 spiro atoms. The lowest BCUT2D eigenvalue weighted by Gasteiger charge is -2.16. The number of nitrogens with zero attached hydrogens (tertiary/aromatic N) is 2. The normalized spacial score (nSPS) is 23.8. The number of aliphatic hydroxyl groups excluding tert-OH is 1. The third-order valence-corrected chi connectivity index (χ3v) is 3.54. The Kier molecular flexibility index (Phi) is 6.06. The van der Waals surface area contributed by atoms with Gasteiger partial charge in [-0.3, -0.25) is 14.3 Å². The van der Waals surface area contributed by atoms with Crippen molar-refractivity contribution in [2.45, 2.75) is 38.2 Å². The average molecular weight is 325 g/mol. The molecule has 1 fully saturated rings. The highest BCUT2D eigenvalue weighted by molar-refractivity contribution is 5.02. The van der Waals surface area contributed by atoms with Gasteiger partial charge in [-0.25, -0.2) is 4.79 Å². The van der Waals surface area contributed by atoms with Crippen LogP contribution < -0.4 is 11.2 Å². The second-order valence-corrected chi connectivity index (χ2v) is 5.17. The Hall–Kier alpha value is -1.99. The fourth-order valence-corrected chi connectivity index (χ4v) is 2.32. The maximum absolute atomic E-state index is 11.9. The maximum atomic E-state index is 11.9. The van der Waals surface area contributed by atoms with Gasteiger partial charge in [0.05, 0.1) is 31.8 Å². The summed E-state index contributed by atoms with van der Waals surface area (Å²) in [5, 5.41) is 17.8. The Morgan fingerprint density at radius 1 is 1.57 bits per heavy atom. The van der Waals surface area contributed by atoms with Crippen LogP contribution in [0.4, 0.5) is 0 Å². The molecule has 1 unspecified atom stereocenters. The molecule has 0 saturated carbocycles. The lowest BCUT2D eigenvalue weighted by Crippen LogP contribution is -2.33. The second-order valence-electron chi connectivity index (χ2n) is 5.17. The van der Waals surface area contributed by atoms with Crippen LogP contribution in [0.15, 0.2) is 15.8 Å². The predicted molar refractivity (Wildman–Crippen MR) is 77.6 cm³/mol. The van der Waals surface area contributed by atoms with Gasteiger partial charge in [-0.15, -0.1) is 0 Å². The summed E-state index contributed by atoms with van der Waals surface area (Å²) in [6.45, 7) is 1.55. The fourth-order valence-electron chi connectivity index (χ4n) is 2.32. The van der Waals surface area contributed by atoms with E-state index in [0.717, 1.165) is 0 Å². The quantitative estimate of drug-likeness (QED) is 0.506. The minimum atomic E-state index is -0.640. The average Bonchev–Trinajstić information content (AvgIpc) is 2.93. The van der Waals surface area contributed by atoms with E-state index in [9.17, 15) is 14.7 Å². The Balaban J connectivity index is 2.01. The minimum absolute atomic E-state index is 0.0293. The zero-order chi connectivity index (χ0) is 16.8. The minimum Gasteiger partial charge on any atom is -0.394 e. The van der Waals surface area contributed by atoms with Crippen LogP contribution in [0.25, 0.3) is 0 Å². The van der Waals surface area contributed by atoms with Crippen LogP contribution in [0.5, 0.6) is 0 Å². The smallest absolute Gasteiger partial charge is 0.330 e. The number of nitrogens with one attached hydrogen (secondary N) is 1. The van der Waals surface area contributed by atoms with E-state index >= 15 is 0 Å². The summed E-state index contributed by atoms with van der Waals surface area (Å²) in [4.78, 5) is 25.5. The summed E-state index contributed by atoms with van der Waals surface area (Å²) in [7, 11) is 0. The van der Waals surface area contributed by atoms with Crippen molar-refractivity contribution in [3.63, 3.8) is 0 Å². The molecule has 0 amide bonds. The molecule has 3 atom stereocenters. The van der Waals surface area contributed by atoms with E-state index in [1.807, 2.05) is 6.07 Å². The zero-order valence-electron chi connectivity index (χ0n) is 12.7. The molecule has 9 heteroatoms. The first-order chi connectivity index (χ1) is 11.1. The predicted octanol–water partition coefficient (Wildman–Crippen LogP) is -0.602. The first-order valence-electron chi connectivity index (χ1n) is 7.21. The van der Waals surface area contributed by atoms with E-state index < -0.39 is 29.7 Å². The van der Waals surface area contributed by atoms with Gasteiger partial charge < -0.3 is 19.3 Å². The standard InChI is InChI=1S/C14H19N3O6/c1-9-6-17(14(20)16-13(9)19)12-5-10(11(7-18)23-12)22-8-21-4-2-3-15/h6,10-12,18H,2,4-5,7-8H2,1H3,(H,16,19,20)/t10?,11-,12-/m1/s1. The van der Waals surface area contributed by atoms with Crippen molar-refractivity contribution in [3.05, 3.63) is 32.6 Å². The zero-order valence-corrected chi connectivity index (χ0v) is 12.7. The van der Waals surface area contributed by atoms with E-state index in [4.69, 9.17) is 19.5 Å². The molecule has 2 rings (SSSR count). The summed E-state index contributed by atoms with van der Waals surface area (Å²) in [5.41, 5.74) is -0.632. The highest BCUT2D eigenvalue weighted by Gasteiger charge is 2.37. The molecule has 1 aromatic rings. The molecule has 0 aromatic carbocycles. The van der Waals surface area contributed by atoms with Crippen molar-refractivity contribution in [1.29, 1.82) is 5.26 Å². The molecule has 1 aliphatic rings. The molecule has 1 aromatic heterocycles. The van der Waals surface area contributed by atoms with Crippen molar-refractivity contribution in [1.82, 2.24) is 9.55 Å². The molecule has 9 nitrogen and oxygen atoms in total. The number of H-pyrrole nitrogens is 1. The molecule has 2 N–H and O–H groups in total. The summed E-state index contributed by atoms with van der Waals surface area (Å²) in [6, 6.07) is 1.95. The highest BCUT2D eigenvalue weighted by atomic mass is 16.7. The third-order valence-electron chi connectivity index (χ3n) is 3.54. The van der Waals surface area contributed by atoms with E-state index in [-0.39, 0.29) is 26.4 Å². The van der Waals surface area contributed by atoms with Gasteiger partial charge in [0, 0.05) is 18.2 Å². The van der Waals surface area contributed by atoms with E-state index in [1.165, 1.54) is 10.8 Å². The van der Waals surface area contributed by atoms with Crippen molar-refractivity contribution < 1.29 is 19.3 Å². The van der Waals surface area contributed by atoms with Crippen LogP contribution in [0.1, 0.15) is 24.6 Å². The third kappa shape index (κ3) is 4.27. The molecule has 0 aliphatic carbocycles. The Morgan fingerprint density at radius 3 is 3.04 bits per heavy atom. The summed E-state index contributed by atoms with van der Waals surface area (Å²) >= 11 is 0. The van der Waals surface area contributed by atoms with Gasteiger partial charge in [0.2, 0.25) is 0 Å². The molecular weight excluding hydrogens is 306 g/mol. The SMILES string of the molecule is Cc1cn([C@H]2CC(OCOCCC#N)[C@@H](CO)O2)c(=O)[nH]c1=O. The van der Waals surface area contributed by atoms with Crippen LogP contribution >= 0.6 is 0 Å². The lowest BCUT2D eigenvalue weighted by molar-refractivity contribution is -0.117. The van der Waals surface area contributed by atoms with Crippen molar-refractivity contribution in [2.24, 2.45) is 0 Å². The molecule has 0 radical (unpaired) electrons. The molecule has 0 bridgehead atoms. The fraction of sp³-hybridized carbons (Fsp3) is 0.643. The Bertz CT molecular complexity index is 676. The molecule has 1 saturated heterocycles. The molecule has 126 valence electrons. The highest BCUT2D eigenvalue weighted by Crippen LogP contribution is 2.29. The number of hydrogen-bond donors (Lipinski definition) is 2. The summed E-state index contributed by atoms with van der Waals surface area (Å²) in [5.74, 6) is 0. The van der Waals surface area contributed by atoms with Gasteiger partial charge in [-0.1, -0.05) is 0 Å². The number of aromatic nitrogens is 2. The maximum Gasteiger partial charge on any atom is 0.330 e. The second kappa shape index (κ2) is 8.03. The van der Waals surface area contributed by atoms with Gasteiger partial charge in [0.25, 0.3) is 5.56 Å². The van der Waals surface area contributed by atoms with Crippen LogP contribution in [-0.2, 0) is 14.2 Å². The van der Waals surface area contributed by atoms with Crippen LogP contribution in [0, 0.1) is 18.3 Å². The number of rotatable bonds is 7. The van der Waals surface area contributed by atoms with Gasteiger partial charge >= 0.3 is 5.69 Å². The van der Waals surface area contributed by atoms with Crippen LogP contribution in [0.2, 0.25) is 0 Å². The van der Waals surface area contributed by atoms with Gasteiger partial charge in [-0.2, -0.15) is 5.26 Å². The van der Waals surface area contributed by atoms with E-state index in [2.05, 4.69) is 4.98 Å². The van der Waals surface area contributed by atoms with Crippen molar-refractivity contribution >= 4 is 0 Å². The molecule has 23 heavy (non-hydrogen) atoms. The lowest BCUT2D eigenvalue weighted by atomic mass is 10.2. The molecule has 1 aliphatic heterocycles. The Morgan fingerprint density at radius 2 is 2.35 bits per heavy atom. The summed E-state index contributed by atoms with van der Waals surface area (Å²) < 4.78 is 17.5. The number of aromatic amines is 1. The number of nitriles is 1. The van der Waals surface area contributed by atoms with Crippen LogP contribution in [-0.4, -0.2) is 46.9 Å². The monoisotopic (exact) mass is 325 g/mol. The van der Waals surface area contributed by atoms with Crippen molar-refractivity contribution in [3.8, 4) is 6.07 Å². The first kappa shape index (κ1) is 17.4. The van der Waals surface area contributed by atoms with Gasteiger partial charge in [0.1, 0.15) is 19.1 Å². The topological polar surface area (TPSA) is 127 Å². The number of aryl methyl sites for hydroxylation is 1. The first-order valence-corrected chi connectivity index (χ1v) is 7.21. The number of aliphatic hydroxyl groups is 1. The number of hydrogen-bond acceptors (Lipinski definition) is 7.